The number of nitrogens with one attached hydrogen (secondary N) is 2. The van der Waals surface area contributed by atoms with Gasteiger partial charge in [0.1, 0.15) is 11.6 Å². The fourth-order valence-electron chi connectivity index (χ4n) is 1.34. The van der Waals surface area contributed by atoms with Gasteiger partial charge in [-0.05, 0) is 25.1 Å². The molecule has 2 amide bonds. The summed E-state index contributed by atoms with van der Waals surface area (Å²) < 4.78 is 18.2. The van der Waals surface area contributed by atoms with Gasteiger partial charge in [-0.3, -0.25) is 9.59 Å². The van der Waals surface area contributed by atoms with Gasteiger partial charge in [0.25, 0.3) is 5.91 Å². The highest BCUT2D eigenvalue weighted by atomic mass is 35.5. The molecule has 0 unspecified atom stereocenters. The van der Waals surface area contributed by atoms with E-state index in [2.05, 4.69) is 16.6 Å². The molecule has 0 bridgehead atoms. The van der Waals surface area contributed by atoms with Crippen LogP contribution < -0.4 is 15.4 Å². The lowest BCUT2D eigenvalue weighted by Gasteiger charge is -2.15. The molecule has 0 radical (unpaired) electrons. The number of carbonyl (C=O) groups excluding carboxylic acids is 2. The zero-order valence-electron chi connectivity index (χ0n) is 11.3. The molecule has 0 heterocycles. The number of carbonyl (C=O) groups is 2. The van der Waals surface area contributed by atoms with Crippen molar-refractivity contribution in [1.29, 1.82) is 0 Å². The zero-order chi connectivity index (χ0) is 15.8. The predicted octanol–water partition coefficient (Wildman–Crippen LogP) is 1.11. The Hall–Kier alpha value is -2.26. The van der Waals surface area contributed by atoms with E-state index in [1.807, 2.05) is 0 Å². The Bertz CT molecular complexity index is 572. The Labute approximate surface area is 126 Å². The normalized spacial score (nSPS) is 11.1. The van der Waals surface area contributed by atoms with Crippen LogP contribution in [0.4, 0.5) is 4.39 Å². The molecule has 1 aromatic rings. The third-order valence-electron chi connectivity index (χ3n) is 2.38. The molecular formula is C14H14ClFN2O3. The van der Waals surface area contributed by atoms with Crippen molar-refractivity contribution in [2.45, 2.75) is 13.0 Å². The van der Waals surface area contributed by atoms with Crippen molar-refractivity contribution in [3.63, 3.8) is 0 Å². The maximum absolute atomic E-state index is 12.9. The molecule has 0 spiro atoms. The number of hydrogen-bond donors (Lipinski definition) is 2. The fraction of sp³-hybridized carbons (Fsp3) is 0.286. The summed E-state index contributed by atoms with van der Waals surface area (Å²) >= 11 is 5.78. The molecule has 0 fully saturated rings. The molecular weight excluding hydrogens is 299 g/mol. The van der Waals surface area contributed by atoms with Crippen molar-refractivity contribution < 1.29 is 18.7 Å². The maximum Gasteiger partial charge on any atom is 0.261 e. The molecule has 0 saturated heterocycles. The molecule has 112 valence electrons. The Morgan fingerprint density at radius 2 is 2.19 bits per heavy atom. The largest absolute Gasteiger partial charge is 0.479 e. The summed E-state index contributed by atoms with van der Waals surface area (Å²) in [5.74, 6) is 0.994. The molecule has 0 aliphatic heterocycles. The van der Waals surface area contributed by atoms with Crippen molar-refractivity contribution in [1.82, 2.24) is 10.6 Å². The molecule has 0 aliphatic rings. The summed E-state index contributed by atoms with van der Waals surface area (Å²) in [5, 5.41) is 4.84. The van der Waals surface area contributed by atoms with E-state index in [4.69, 9.17) is 22.8 Å². The number of amides is 2. The topological polar surface area (TPSA) is 67.4 Å². The van der Waals surface area contributed by atoms with Crippen molar-refractivity contribution in [3.05, 3.63) is 29.0 Å². The number of rotatable bonds is 6. The number of hydrogen-bond acceptors (Lipinski definition) is 3. The number of ether oxygens (including phenoxy) is 1. The molecule has 0 aromatic heterocycles. The fourth-order valence-corrected chi connectivity index (χ4v) is 1.55. The van der Waals surface area contributed by atoms with Crippen LogP contribution in [0.3, 0.4) is 0 Å². The van der Waals surface area contributed by atoms with Crippen LogP contribution in [0.25, 0.3) is 0 Å². The molecule has 0 saturated carbocycles. The van der Waals surface area contributed by atoms with Gasteiger partial charge in [0.15, 0.2) is 6.10 Å². The van der Waals surface area contributed by atoms with E-state index in [1.54, 1.807) is 0 Å². The molecule has 1 rings (SSSR count). The number of terminal acetylenes is 1. The van der Waals surface area contributed by atoms with Crippen molar-refractivity contribution in [2.75, 3.05) is 13.1 Å². The summed E-state index contributed by atoms with van der Waals surface area (Å²) in [4.78, 5) is 23.0. The molecule has 21 heavy (non-hydrogen) atoms. The Kier molecular flexibility index (Phi) is 6.50. The highest BCUT2D eigenvalue weighted by Crippen LogP contribution is 2.25. The predicted molar refractivity (Wildman–Crippen MR) is 76.4 cm³/mol. The Balaban J connectivity index is 2.48. The number of benzene rings is 1. The van der Waals surface area contributed by atoms with Crippen molar-refractivity contribution >= 4 is 23.4 Å². The standard InChI is InChI=1S/C14H14ClFN2O3/c1-3-6-17-13(19)8-18-14(20)9(2)21-12-5-4-10(16)7-11(12)15/h1,4-5,7,9H,6,8H2,2H3,(H,17,19)(H,18,20)/t9-/m0/s1. The SMILES string of the molecule is C#CCNC(=O)CNC(=O)[C@H](C)Oc1ccc(F)cc1Cl. The van der Waals surface area contributed by atoms with Crippen LogP contribution in [0.5, 0.6) is 5.75 Å². The average molecular weight is 313 g/mol. The quantitative estimate of drug-likeness (QED) is 0.773. The van der Waals surface area contributed by atoms with Gasteiger partial charge in [0.05, 0.1) is 18.1 Å². The van der Waals surface area contributed by atoms with E-state index < -0.39 is 23.7 Å². The first-order valence-electron chi connectivity index (χ1n) is 6.03. The highest BCUT2D eigenvalue weighted by Gasteiger charge is 2.17. The minimum atomic E-state index is -0.895. The van der Waals surface area contributed by atoms with E-state index in [0.29, 0.717) is 0 Å². The van der Waals surface area contributed by atoms with Crippen molar-refractivity contribution in [2.24, 2.45) is 0 Å². The van der Waals surface area contributed by atoms with Crippen LogP contribution in [-0.4, -0.2) is 31.0 Å². The Morgan fingerprint density at radius 3 is 2.81 bits per heavy atom. The zero-order valence-corrected chi connectivity index (χ0v) is 12.0. The van der Waals surface area contributed by atoms with Crippen LogP contribution in [0.15, 0.2) is 18.2 Å². The molecule has 1 atom stereocenters. The molecule has 5 nitrogen and oxygen atoms in total. The first-order valence-corrected chi connectivity index (χ1v) is 6.41. The van der Waals surface area contributed by atoms with Crippen LogP contribution in [0.1, 0.15) is 6.92 Å². The van der Waals surface area contributed by atoms with E-state index in [0.717, 1.165) is 6.07 Å². The third-order valence-corrected chi connectivity index (χ3v) is 2.67. The third kappa shape index (κ3) is 5.71. The van der Waals surface area contributed by atoms with Gasteiger partial charge < -0.3 is 15.4 Å². The van der Waals surface area contributed by atoms with Crippen LogP contribution in [-0.2, 0) is 9.59 Å². The van der Waals surface area contributed by atoms with Crippen molar-refractivity contribution in [3.8, 4) is 18.1 Å². The summed E-state index contributed by atoms with van der Waals surface area (Å²) in [6, 6.07) is 3.56. The van der Waals surface area contributed by atoms with Gasteiger partial charge in [-0.2, -0.15) is 0 Å². The van der Waals surface area contributed by atoms with E-state index in [9.17, 15) is 14.0 Å². The van der Waals surface area contributed by atoms with Gasteiger partial charge in [-0.1, -0.05) is 17.5 Å². The molecule has 1 aromatic carbocycles. The monoisotopic (exact) mass is 312 g/mol. The second-order valence-corrected chi connectivity index (χ2v) is 4.44. The molecule has 2 N–H and O–H groups in total. The maximum atomic E-state index is 12.9. The summed E-state index contributed by atoms with van der Waals surface area (Å²) in [6.07, 6.45) is 4.09. The van der Waals surface area contributed by atoms with Gasteiger partial charge >= 0.3 is 0 Å². The minimum Gasteiger partial charge on any atom is -0.479 e. The second-order valence-electron chi connectivity index (χ2n) is 4.03. The lowest BCUT2D eigenvalue weighted by molar-refractivity contribution is -0.130. The van der Waals surface area contributed by atoms with Crippen LogP contribution >= 0.6 is 11.6 Å². The van der Waals surface area contributed by atoms with Gasteiger partial charge in [-0.25, -0.2) is 4.39 Å². The smallest absolute Gasteiger partial charge is 0.261 e. The first kappa shape index (κ1) is 16.8. The van der Waals surface area contributed by atoms with E-state index >= 15 is 0 Å². The van der Waals surface area contributed by atoms with Crippen LogP contribution in [0, 0.1) is 18.2 Å². The first-order chi connectivity index (χ1) is 9.93. The lowest BCUT2D eigenvalue weighted by atomic mass is 10.3. The lowest BCUT2D eigenvalue weighted by Crippen LogP contribution is -2.42. The highest BCUT2D eigenvalue weighted by molar-refractivity contribution is 6.32. The summed E-state index contributed by atoms with van der Waals surface area (Å²) in [5.41, 5.74) is 0. The average Bonchev–Trinajstić information content (AvgIpc) is 2.45. The second kappa shape index (κ2) is 8.12. The minimum absolute atomic E-state index is 0.0569. The van der Waals surface area contributed by atoms with Gasteiger partial charge in [0.2, 0.25) is 5.91 Å². The summed E-state index contributed by atoms with van der Waals surface area (Å²) in [6.45, 7) is 1.35. The van der Waals surface area contributed by atoms with E-state index in [-0.39, 0.29) is 23.9 Å². The van der Waals surface area contributed by atoms with Gasteiger partial charge in [0, 0.05) is 0 Å². The molecule has 0 aliphatic carbocycles. The van der Waals surface area contributed by atoms with E-state index in [1.165, 1.54) is 19.1 Å². The molecule has 7 heteroatoms. The van der Waals surface area contributed by atoms with Crippen LogP contribution in [0.2, 0.25) is 5.02 Å². The number of halogens is 2. The summed E-state index contributed by atoms with van der Waals surface area (Å²) in [7, 11) is 0. The Morgan fingerprint density at radius 1 is 1.48 bits per heavy atom. The van der Waals surface area contributed by atoms with Gasteiger partial charge in [-0.15, -0.1) is 6.42 Å².